The monoisotopic (exact) mass is 302 g/mol. The van der Waals surface area contributed by atoms with Gasteiger partial charge in [-0.3, -0.25) is 4.79 Å². The summed E-state index contributed by atoms with van der Waals surface area (Å²) in [6, 6.07) is 11.4. The first-order valence-electron chi connectivity index (χ1n) is 6.58. The van der Waals surface area contributed by atoms with Gasteiger partial charge in [-0.15, -0.1) is 0 Å². The second kappa shape index (κ2) is 7.69. The topological polar surface area (TPSA) is 51.2 Å². The molecule has 2 rings (SSSR count). The van der Waals surface area contributed by atoms with E-state index in [-0.39, 0.29) is 5.91 Å². The van der Waals surface area contributed by atoms with Crippen molar-refractivity contribution in [3.8, 4) is 5.88 Å². The van der Waals surface area contributed by atoms with Crippen molar-refractivity contribution in [1.29, 1.82) is 0 Å². The van der Waals surface area contributed by atoms with Crippen LogP contribution in [-0.2, 0) is 12.3 Å². The number of pyridine rings is 1. The predicted molar refractivity (Wildman–Crippen MR) is 85.6 cm³/mol. The lowest BCUT2D eigenvalue weighted by atomic mass is 10.1. The van der Waals surface area contributed by atoms with E-state index in [0.717, 1.165) is 11.3 Å². The number of nitrogens with one attached hydrogen (secondary N) is 1. The van der Waals surface area contributed by atoms with Crippen molar-refractivity contribution < 1.29 is 9.53 Å². The molecular formula is C16H18N2O2S. The zero-order valence-corrected chi connectivity index (χ0v) is 12.9. The molecule has 0 spiro atoms. The highest BCUT2D eigenvalue weighted by Gasteiger charge is 2.08. The molecule has 0 aliphatic rings. The Morgan fingerprint density at radius 3 is 2.71 bits per heavy atom. The maximum Gasteiger partial charge on any atom is 0.251 e. The number of amides is 1. The molecule has 5 heteroatoms. The molecule has 1 N–H and O–H groups in total. The van der Waals surface area contributed by atoms with Crippen LogP contribution in [0, 0.1) is 0 Å². The molecule has 1 aromatic heterocycles. The van der Waals surface area contributed by atoms with Gasteiger partial charge in [0.15, 0.2) is 0 Å². The Morgan fingerprint density at radius 2 is 2.05 bits per heavy atom. The van der Waals surface area contributed by atoms with Crippen LogP contribution in [0.25, 0.3) is 0 Å². The van der Waals surface area contributed by atoms with Crippen LogP contribution in [0.15, 0.2) is 42.6 Å². The largest absolute Gasteiger partial charge is 0.481 e. The quantitative estimate of drug-likeness (QED) is 0.891. The molecule has 0 fully saturated rings. The van der Waals surface area contributed by atoms with E-state index >= 15 is 0 Å². The van der Waals surface area contributed by atoms with Crippen LogP contribution in [0.4, 0.5) is 0 Å². The number of ether oxygens (including phenoxy) is 1. The summed E-state index contributed by atoms with van der Waals surface area (Å²) in [4.78, 5) is 16.2. The minimum atomic E-state index is -0.100. The van der Waals surface area contributed by atoms with E-state index < -0.39 is 0 Å². The minimum absolute atomic E-state index is 0.100. The van der Waals surface area contributed by atoms with Crippen LogP contribution < -0.4 is 10.1 Å². The van der Waals surface area contributed by atoms with Gasteiger partial charge >= 0.3 is 0 Å². The van der Waals surface area contributed by atoms with E-state index in [4.69, 9.17) is 4.74 Å². The first-order chi connectivity index (χ1) is 10.2. The van der Waals surface area contributed by atoms with Crippen LogP contribution in [0.3, 0.4) is 0 Å². The number of methoxy groups -OCH3 is 1. The summed E-state index contributed by atoms with van der Waals surface area (Å²) in [6.45, 7) is 0.391. The number of carbonyl (C=O) groups is 1. The summed E-state index contributed by atoms with van der Waals surface area (Å²) in [6.07, 6.45) is 3.72. The molecule has 0 aliphatic heterocycles. The van der Waals surface area contributed by atoms with Crippen molar-refractivity contribution in [2.45, 2.75) is 12.3 Å². The van der Waals surface area contributed by atoms with E-state index in [2.05, 4.69) is 16.6 Å². The van der Waals surface area contributed by atoms with Crippen molar-refractivity contribution in [1.82, 2.24) is 10.3 Å². The van der Waals surface area contributed by atoms with Crippen molar-refractivity contribution in [2.75, 3.05) is 13.4 Å². The van der Waals surface area contributed by atoms with Gasteiger partial charge in [-0.2, -0.15) is 11.8 Å². The summed E-state index contributed by atoms with van der Waals surface area (Å²) in [5, 5.41) is 2.88. The maximum absolute atomic E-state index is 12.1. The molecule has 2 aromatic rings. The van der Waals surface area contributed by atoms with Crippen LogP contribution in [0.5, 0.6) is 5.88 Å². The molecule has 110 valence electrons. The highest BCUT2D eigenvalue weighted by atomic mass is 32.2. The lowest BCUT2D eigenvalue weighted by molar-refractivity contribution is 0.0950. The lowest BCUT2D eigenvalue weighted by Crippen LogP contribution is -2.23. The van der Waals surface area contributed by atoms with E-state index in [1.54, 1.807) is 25.1 Å². The molecule has 0 aliphatic carbocycles. The molecule has 1 amide bonds. The number of rotatable bonds is 6. The number of benzene rings is 1. The van der Waals surface area contributed by atoms with Gasteiger partial charge in [0.25, 0.3) is 5.91 Å². The smallest absolute Gasteiger partial charge is 0.251 e. The SMILES string of the molecule is COc1ncccc1CNC(=O)c1ccc(CSC)cc1. The highest BCUT2D eigenvalue weighted by Crippen LogP contribution is 2.14. The van der Waals surface area contributed by atoms with E-state index in [9.17, 15) is 4.79 Å². The second-order valence-electron chi connectivity index (χ2n) is 4.48. The first-order valence-corrected chi connectivity index (χ1v) is 7.98. The Hall–Kier alpha value is -2.01. The third-order valence-corrected chi connectivity index (χ3v) is 3.63. The number of carbonyl (C=O) groups excluding carboxylic acids is 1. The predicted octanol–water partition coefficient (Wildman–Crippen LogP) is 2.88. The molecule has 4 nitrogen and oxygen atoms in total. The van der Waals surface area contributed by atoms with Gasteiger partial charge in [0, 0.05) is 29.6 Å². The summed E-state index contributed by atoms with van der Waals surface area (Å²) in [5.74, 6) is 1.39. The molecule has 0 saturated carbocycles. The van der Waals surface area contributed by atoms with Gasteiger partial charge in [0.1, 0.15) is 0 Å². The number of aromatic nitrogens is 1. The molecule has 0 radical (unpaired) electrons. The van der Waals surface area contributed by atoms with E-state index in [1.807, 2.05) is 36.4 Å². The highest BCUT2D eigenvalue weighted by molar-refractivity contribution is 7.97. The molecule has 0 atom stereocenters. The fourth-order valence-corrected chi connectivity index (χ4v) is 2.46. The van der Waals surface area contributed by atoms with Gasteiger partial charge in [-0.25, -0.2) is 4.98 Å². The number of hydrogen-bond acceptors (Lipinski definition) is 4. The number of thioether (sulfide) groups is 1. The molecular weight excluding hydrogens is 284 g/mol. The van der Waals surface area contributed by atoms with Crippen LogP contribution in [0.1, 0.15) is 21.5 Å². The normalized spacial score (nSPS) is 10.2. The van der Waals surface area contributed by atoms with Gasteiger partial charge < -0.3 is 10.1 Å². The van der Waals surface area contributed by atoms with Gasteiger partial charge in [-0.05, 0) is 30.0 Å². The average Bonchev–Trinajstić information content (AvgIpc) is 2.54. The Labute approximate surface area is 128 Å². The summed E-state index contributed by atoms with van der Waals surface area (Å²) in [5.41, 5.74) is 2.73. The van der Waals surface area contributed by atoms with Gasteiger partial charge in [0.05, 0.1) is 7.11 Å². The van der Waals surface area contributed by atoms with E-state index in [1.165, 1.54) is 5.56 Å². The molecule has 1 aromatic carbocycles. The molecule has 0 saturated heterocycles. The lowest BCUT2D eigenvalue weighted by Gasteiger charge is -2.09. The third-order valence-electron chi connectivity index (χ3n) is 3.01. The Bertz CT molecular complexity index is 599. The minimum Gasteiger partial charge on any atom is -0.481 e. The fourth-order valence-electron chi connectivity index (χ4n) is 1.94. The Morgan fingerprint density at radius 1 is 1.29 bits per heavy atom. The Balaban J connectivity index is 1.98. The average molecular weight is 302 g/mol. The van der Waals surface area contributed by atoms with Crippen molar-refractivity contribution in [2.24, 2.45) is 0 Å². The van der Waals surface area contributed by atoms with E-state index in [0.29, 0.717) is 18.0 Å². The number of nitrogens with zero attached hydrogens (tertiary/aromatic N) is 1. The van der Waals surface area contributed by atoms with Crippen LogP contribution in [-0.4, -0.2) is 24.3 Å². The summed E-state index contributed by atoms with van der Waals surface area (Å²) < 4.78 is 5.16. The van der Waals surface area contributed by atoms with Gasteiger partial charge in [-0.1, -0.05) is 18.2 Å². The standard InChI is InChI=1S/C16H18N2O2S/c1-20-16-14(4-3-9-17-16)10-18-15(19)13-7-5-12(6-8-13)11-21-2/h3-9H,10-11H2,1-2H3,(H,18,19). The Kier molecular flexibility index (Phi) is 5.63. The first kappa shape index (κ1) is 15.4. The molecule has 0 unspecified atom stereocenters. The molecule has 0 bridgehead atoms. The van der Waals surface area contributed by atoms with Crippen molar-refractivity contribution >= 4 is 17.7 Å². The summed E-state index contributed by atoms with van der Waals surface area (Å²) in [7, 11) is 1.57. The second-order valence-corrected chi connectivity index (χ2v) is 5.35. The zero-order valence-electron chi connectivity index (χ0n) is 12.1. The maximum atomic E-state index is 12.1. The van der Waals surface area contributed by atoms with Gasteiger partial charge in [0.2, 0.25) is 5.88 Å². The molecule has 21 heavy (non-hydrogen) atoms. The number of hydrogen-bond donors (Lipinski definition) is 1. The summed E-state index contributed by atoms with van der Waals surface area (Å²) >= 11 is 1.76. The van der Waals surface area contributed by atoms with Crippen LogP contribution in [0.2, 0.25) is 0 Å². The van der Waals surface area contributed by atoms with Crippen LogP contribution >= 0.6 is 11.8 Å². The third kappa shape index (κ3) is 4.23. The van der Waals surface area contributed by atoms with Crippen molar-refractivity contribution in [3.63, 3.8) is 0 Å². The molecule has 1 heterocycles. The van der Waals surface area contributed by atoms with Crippen molar-refractivity contribution in [3.05, 3.63) is 59.3 Å². The fraction of sp³-hybridized carbons (Fsp3) is 0.250. The zero-order chi connectivity index (χ0) is 15.1.